The van der Waals surface area contributed by atoms with Crippen molar-refractivity contribution in [1.82, 2.24) is 4.90 Å². The van der Waals surface area contributed by atoms with E-state index in [1.807, 2.05) is 30.3 Å². The number of likely N-dealkylation sites (N-methyl/N-ethyl adjacent to an activating group) is 1. The second-order valence-corrected chi connectivity index (χ2v) is 14.6. The molecule has 2 aliphatic heterocycles. The van der Waals surface area contributed by atoms with E-state index in [2.05, 4.69) is 64.0 Å². The van der Waals surface area contributed by atoms with Crippen LogP contribution >= 0.6 is 0 Å². The number of hydrogen-bond acceptors (Lipinski definition) is 5. The summed E-state index contributed by atoms with van der Waals surface area (Å²) in [7, 11) is 0.925. The molecular formula is C30H37NO4Si. The maximum absolute atomic E-state index is 13.1. The molecule has 0 unspecified atom stereocenters. The maximum Gasteiger partial charge on any atom is 0.338 e. The lowest BCUT2D eigenvalue weighted by Gasteiger charge is -2.56. The van der Waals surface area contributed by atoms with Gasteiger partial charge >= 0.3 is 5.97 Å². The summed E-state index contributed by atoms with van der Waals surface area (Å²) in [5.74, 6) is 2.08. The minimum atomic E-state index is -1.32. The lowest BCUT2D eigenvalue weighted by Crippen LogP contribution is -2.65. The van der Waals surface area contributed by atoms with E-state index >= 15 is 0 Å². The number of piperidine rings is 1. The van der Waals surface area contributed by atoms with E-state index in [-0.39, 0.29) is 22.9 Å². The molecule has 2 aliphatic carbocycles. The summed E-state index contributed by atoms with van der Waals surface area (Å²) in [6.07, 6.45) is 5.67. The molecule has 4 aliphatic rings. The zero-order chi connectivity index (χ0) is 25.4. The Morgan fingerprint density at radius 3 is 2.61 bits per heavy atom. The van der Waals surface area contributed by atoms with Gasteiger partial charge in [-0.15, -0.1) is 0 Å². The van der Waals surface area contributed by atoms with Crippen LogP contribution in [0.25, 0.3) is 0 Å². The number of hydrogen-bond donors (Lipinski definition) is 0. The zero-order valence-electron chi connectivity index (χ0n) is 22.2. The molecule has 190 valence electrons. The third kappa shape index (κ3) is 3.41. The van der Waals surface area contributed by atoms with Crippen LogP contribution in [0.5, 0.6) is 11.5 Å². The molecule has 1 saturated heterocycles. The molecule has 2 aromatic carbocycles. The van der Waals surface area contributed by atoms with Gasteiger partial charge in [0.05, 0.1) is 5.56 Å². The van der Waals surface area contributed by atoms with Gasteiger partial charge in [-0.25, -0.2) is 4.79 Å². The summed E-state index contributed by atoms with van der Waals surface area (Å²) >= 11 is 0. The van der Waals surface area contributed by atoms with Gasteiger partial charge in [0.2, 0.25) is 9.04 Å². The average molecular weight is 504 g/mol. The van der Waals surface area contributed by atoms with Crippen LogP contribution in [-0.2, 0) is 22.0 Å². The first-order valence-corrected chi connectivity index (χ1v) is 16.1. The summed E-state index contributed by atoms with van der Waals surface area (Å²) in [5.41, 5.74) is 4.10. The number of nitrogens with zero attached hydrogens (tertiary/aromatic N) is 1. The number of ether oxygens (including phenoxy) is 2. The molecule has 0 radical (unpaired) electrons. The first kappa shape index (κ1) is 23.8. The second kappa shape index (κ2) is 8.22. The number of likely N-dealkylation sites (tertiary alicyclic amines) is 1. The van der Waals surface area contributed by atoms with Gasteiger partial charge in [0.25, 0.3) is 0 Å². The largest absolute Gasteiger partial charge is 0.547 e. The molecule has 2 aromatic rings. The molecule has 5 nitrogen and oxygen atoms in total. The van der Waals surface area contributed by atoms with E-state index in [1.165, 1.54) is 16.7 Å². The lowest BCUT2D eigenvalue weighted by molar-refractivity contribution is -0.0556. The van der Waals surface area contributed by atoms with Crippen LogP contribution in [0.2, 0.25) is 13.1 Å². The van der Waals surface area contributed by atoms with Gasteiger partial charge in [0, 0.05) is 34.1 Å². The van der Waals surface area contributed by atoms with Crippen LogP contribution in [-0.4, -0.2) is 51.8 Å². The number of carbonyl (C=O) groups is 1. The van der Waals surface area contributed by atoms with Crippen molar-refractivity contribution in [2.45, 2.75) is 75.8 Å². The van der Waals surface area contributed by atoms with E-state index in [9.17, 15) is 4.79 Å². The zero-order valence-corrected chi connectivity index (χ0v) is 23.4. The fraction of sp³-hybridized carbons (Fsp3) is 0.500. The van der Waals surface area contributed by atoms with E-state index in [1.54, 1.807) is 0 Å². The first-order chi connectivity index (χ1) is 17.1. The Morgan fingerprint density at radius 2 is 1.92 bits per heavy atom. The summed E-state index contributed by atoms with van der Waals surface area (Å²) < 4.78 is 19.8. The highest BCUT2D eigenvalue weighted by Gasteiger charge is 2.65. The highest BCUT2D eigenvalue weighted by atomic mass is 28.3. The molecule has 2 bridgehead atoms. The Hall–Kier alpha value is -2.57. The Morgan fingerprint density at radius 1 is 1.17 bits per heavy atom. The maximum atomic E-state index is 13.1. The van der Waals surface area contributed by atoms with Gasteiger partial charge in [0.1, 0.15) is 17.6 Å². The molecule has 0 saturated carbocycles. The molecule has 0 aromatic heterocycles. The standard InChI is InChI=1S/C30H37NO4Si/c1-29(2,3)21-17-24(35-36(5)6)19-16-22-20-12-13-23(33-28(32)18-10-8-7-9-11-18)27-30(20,14-15-31(22)4)25(19)26(21)34-27/h7-13,17,20,22-23,27,36H,14-16H2,1-6H3/t20-,22+,23-,27-,30-/m0/s1. The number of esters is 1. The van der Waals surface area contributed by atoms with E-state index < -0.39 is 15.1 Å². The van der Waals surface area contributed by atoms with Crippen LogP contribution in [0.1, 0.15) is 54.2 Å². The monoisotopic (exact) mass is 503 g/mol. The highest BCUT2D eigenvalue weighted by molar-refractivity contribution is 6.49. The summed E-state index contributed by atoms with van der Waals surface area (Å²) in [6, 6.07) is 11.9. The van der Waals surface area contributed by atoms with E-state index in [0.29, 0.717) is 17.5 Å². The number of carbonyl (C=O) groups excluding carboxylic acids is 1. The van der Waals surface area contributed by atoms with Crippen LogP contribution in [0.15, 0.2) is 48.6 Å². The normalized spacial score (nSPS) is 30.1. The third-order valence-corrected chi connectivity index (χ3v) is 9.39. The molecule has 0 N–H and O–H groups in total. The fourth-order valence-corrected chi connectivity index (χ4v) is 7.79. The molecule has 1 spiro atoms. The Bertz CT molecular complexity index is 1230. The summed E-state index contributed by atoms with van der Waals surface area (Å²) in [6.45, 7) is 12.2. The van der Waals surface area contributed by atoms with Crippen molar-refractivity contribution in [2.24, 2.45) is 5.92 Å². The van der Waals surface area contributed by atoms with Gasteiger partial charge in [0.15, 0.2) is 6.10 Å². The minimum Gasteiger partial charge on any atom is -0.547 e. The predicted molar refractivity (Wildman–Crippen MR) is 144 cm³/mol. The SMILES string of the molecule is CN1CC[C@]23c4c5c(O[SiH](C)C)cc(C(C)(C)C)c4O[C@H]2[C@@H](OC(=O)c2ccccc2)C=C[C@H]3[C@H]1C5. The third-order valence-electron chi connectivity index (χ3n) is 8.66. The van der Waals surface area contributed by atoms with E-state index in [0.717, 1.165) is 30.9 Å². The average Bonchev–Trinajstić information content (AvgIpc) is 3.17. The Balaban J connectivity index is 1.52. The van der Waals surface area contributed by atoms with Crippen molar-refractivity contribution in [3.63, 3.8) is 0 Å². The van der Waals surface area contributed by atoms with Crippen molar-refractivity contribution in [3.8, 4) is 11.5 Å². The second-order valence-electron chi connectivity index (χ2n) is 12.2. The quantitative estimate of drug-likeness (QED) is 0.333. The molecule has 2 heterocycles. The topological polar surface area (TPSA) is 48.0 Å². The number of benzene rings is 2. The van der Waals surface area contributed by atoms with Crippen LogP contribution in [0, 0.1) is 5.92 Å². The molecule has 0 amide bonds. The lowest BCUT2D eigenvalue weighted by atomic mass is 9.53. The first-order valence-electron chi connectivity index (χ1n) is 13.3. The molecule has 6 rings (SSSR count). The van der Waals surface area contributed by atoms with Gasteiger partial charge in [-0.1, -0.05) is 45.0 Å². The van der Waals surface area contributed by atoms with Crippen molar-refractivity contribution in [2.75, 3.05) is 13.6 Å². The van der Waals surface area contributed by atoms with Crippen molar-refractivity contribution < 1.29 is 18.7 Å². The molecule has 6 heteroatoms. The van der Waals surface area contributed by atoms with Crippen molar-refractivity contribution in [3.05, 3.63) is 70.8 Å². The minimum absolute atomic E-state index is 0.105. The van der Waals surface area contributed by atoms with Crippen molar-refractivity contribution >= 4 is 15.0 Å². The van der Waals surface area contributed by atoms with Crippen molar-refractivity contribution in [1.29, 1.82) is 0 Å². The molecule has 1 fully saturated rings. The van der Waals surface area contributed by atoms with Gasteiger partial charge in [-0.05, 0) is 69.2 Å². The predicted octanol–water partition coefficient (Wildman–Crippen LogP) is 5.02. The summed E-state index contributed by atoms with van der Waals surface area (Å²) in [5, 5.41) is 0. The molecule has 5 atom stereocenters. The molecule has 36 heavy (non-hydrogen) atoms. The van der Waals surface area contributed by atoms with Crippen LogP contribution in [0.4, 0.5) is 0 Å². The Labute approximate surface area is 216 Å². The Kier molecular flexibility index (Phi) is 5.43. The molecular weight excluding hydrogens is 466 g/mol. The van der Waals surface area contributed by atoms with Gasteiger partial charge < -0.3 is 18.8 Å². The smallest absolute Gasteiger partial charge is 0.338 e. The van der Waals surface area contributed by atoms with Gasteiger partial charge in [-0.2, -0.15) is 0 Å². The van der Waals surface area contributed by atoms with E-state index in [4.69, 9.17) is 13.9 Å². The van der Waals surface area contributed by atoms with Crippen LogP contribution in [0.3, 0.4) is 0 Å². The number of rotatable bonds is 4. The summed E-state index contributed by atoms with van der Waals surface area (Å²) in [4.78, 5) is 15.6. The van der Waals surface area contributed by atoms with Crippen LogP contribution < -0.4 is 9.16 Å². The van der Waals surface area contributed by atoms with Gasteiger partial charge in [-0.3, -0.25) is 0 Å². The fourth-order valence-electron chi connectivity index (χ4n) is 7.07. The highest BCUT2D eigenvalue weighted by Crippen LogP contribution is 2.64.